The van der Waals surface area contributed by atoms with E-state index in [-0.39, 0.29) is 58.5 Å². The van der Waals surface area contributed by atoms with E-state index in [4.69, 9.17) is 21.4 Å². The van der Waals surface area contributed by atoms with E-state index in [0.29, 0.717) is 28.6 Å². The number of amides is 2. The van der Waals surface area contributed by atoms with Crippen molar-refractivity contribution in [3.8, 4) is 5.75 Å². The highest BCUT2D eigenvalue weighted by Crippen LogP contribution is 2.45. The van der Waals surface area contributed by atoms with Crippen LogP contribution in [0.2, 0.25) is 5.02 Å². The lowest BCUT2D eigenvalue weighted by atomic mass is 9.72. The maximum Gasteiger partial charge on any atom is 0.407 e. The van der Waals surface area contributed by atoms with Gasteiger partial charge in [-0.3, -0.25) is 20.2 Å². The van der Waals surface area contributed by atoms with Crippen molar-refractivity contribution >= 4 is 68.4 Å². The highest BCUT2D eigenvalue weighted by Gasteiger charge is 2.42. The van der Waals surface area contributed by atoms with Gasteiger partial charge in [-0.1, -0.05) is 58.4 Å². The molecule has 4 aromatic rings. The van der Waals surface area contributed by atoms with Gasteiger partial charge in [-0.05, 0) is 22.5 Å². The van der Waals surface area contributed by atoms with Crippen LogP contribution in [-0.4, -0.2) is 93.9 Å². The van der Waals surface area contributed by atoms with E-state index in [9.17, 15) is 34.9 Å². The zero-order valence-corrected chi connectivity index (χ0v) is 31.3. The van der Waals surface area contributed by atoms with E-state index in [1.54, 1.807) is 16.2 Å². The van der Waals surface area contributed by atoms with Gasteiger partial charge in [-0.2, -0.15) is 0 Å². The van der Waals surface area contributed by atoms with Gasteiger partial charge in [0.1, 0.15) is 28.7 Å². The third-order valence-electron chi connectivity index (χ3n) is 9.81. The van der Waals surface area contributed by atoms with Gasteiger partial charge < -0.3 is 33.9 Å². The minimum atomic E-state index is -0.963. The van der Waals surface area contributed by atoms with Crippen molar-refractivity contribution in [1.29, 1.82) is 0 Å². The molecule has 0 saturated carbocycles. The van der Waals surface area contributed by atoms with E-state index in [1.807, 2.05) is 66.2 Å². The van der Waals surface area contributed by atoms with Crippen LogP contribution in [0.1, 0.15) is 45.7 Å². The van der Waals surface area contributed by atoms with Gasteiger partial charge >= 0.3 is 23.6 Å². The molecule has 53 heavy (non-hydrogen) atoms. The molecule has 2 amide bonds. The Morgan fingerprint density at radius 2 is 1.42 bits per heavy atom. The number of carboxylic acid groups (broad SMARTS) is 2. The average molecular weight is 753 g/mol. The summed E-state index contributed by atoms with van der Waals surface area (Å²) in [4.78, 5) is 55.7. The van der Waals surface area contributed by atoms with Gasteiger partial charge in [0.25, 0.3) is 0 Å². The molecule has 2 aliphatic rings. The average Bonchev–Trinajstić information content (AvgIpc) is 3.60. The standard InChI is InChI=1S/C19H23ClN4O4.C16H18N4O5/c1-10-11(6-7-23(18(25)26)16(10)19(2,3)4)12-9-22(5)17-14(12)15(20)13(8-21-17)24(27)28;1-9-7-19(16(21)22)5-4-10(9)11-8-18(2)15-13(11)14(25-3)12(6-17-15)20(23)24/h6,8-10,16H,7H2,1-5H3,(H,25,26);4,6,8-9H,5,7H2,1-3H3,(H,21,22). The van der Waals surface area contributed by atoms with Gasteiger partial charge in [-0.15, -0.1) is 0 Å². The highest BCUT2D eigenvalue weighted by atomic mass is 35.5. The number of nitro groups is 2. The molecular weight excluding hydrogens is 712 g/mol. The Morgan fingerprint density at radius 3 is 1.91 bits per heavy atom. The van der Waals surface area contributed by atoms with Crippen LogP contribution in [0.3, 0.4) is 0 Å². The minimum Gasteiger partial charge on any atom is -0.490 e. The molecule has 0 bridgehead atoms. The number of rotatable bonds is 5. The Morgan fingerprint density at radius 1 is 0.887 bits per heavy atom. The fourth-order valence-electron chi connectivity index (χ4n) is 7.65. The zero-order chi connectivity index (χ0) is 39.3. The number of nitrogens with zero attached hydrogens (tertiary/aromatic N) is 8. The van der Waals surface area contributed by atoms with Crippen LogP contribution in [0, 0.1) is 37.5 Å². The second-order valence-electron chi connectivity index (χ2n) is 14.3. The molecule has 2 aliphatic heterocycles. The first-order valence-corrected chi connectivity index (χ1v) is 17.0. The molecule has 0 spiro atoms. The van der Waals surface area contributed by atoms with Gasteiger partial charge in [0.15, 0.2) is 0 Å². The first kappa shape index (κ1) is 38.5. The molecule has 6 rings (SSSR count). The number of hydrogen-bond donors (Lipinski definition) is 2. The molecule has 0 fully saturated rings. The number of pyridine rings is 2. The van der Waals surface area contributed by atoms with E-state index in [2.05, 4.69) is 9.97 Å². The number of fused-ring (bicyclic) bond motifs is 2. The predicted octanol–water partition coefficient (Wildman–Crippen LogP) is 7.07. The monoisotopic (exact) mass is 752 g/mol. The number of hydrogen-bond acceptors (Lipinski definition) is 9. The Kier molecular flexibility index (Phi) is 10.4. The fourth-order valence-corrected chi connectivity index (χ4v) is 7.96. The van der Waals surface area contributed by atoms with Crippen molar-refractivity contribution in [3.63, 3.8) is 0 Å². The molecule has 3 unspecified atom stereocenters. The SMILES string of the molecule is CC1C(c2cn(C)c3ncc([N+](=O)[O-])c(Cl)c23)=CCN(C(=O)O)C1C(C)(C)C.COc1c([N+](=O)[O-])cnc2c1c(C1=CCN(C(=O)O)CC1C)cn2C. The molecule has 17 nitrogen and oxygen atoms in total. The highest BCUT2D eigenvalue weighted by molar-refractivity contribution is 6.38. The molecule has 2 N–H and O–H groups in total. The zero-order valence-electron chi connectivity index (χ0n) is 30.5. The number of aromatic nitrogens is 4. The van der Waals surface area contributed by atoms with Crippen molar-refractivity contribution in [2.75, 3.05) is 26.7 Å². The van der Waals surface area contributed by atoms with Gasteiger partial charge in [0, 0.05) is 69.2 Å². The first-order valence-electron chi connectivity index (χ1n) is 16.6. The summed E-state index contributed by atoms with van der Waals surface area (Å²) in [6.07, 6.45) is 7.84. The summed E-state index contributed by atoms with van der Waals surface area (Å²) in [5.41, 5.74) is 3.78. The molecule has 3 atom stereocenters. The van der Waals surface area contributed by atoms with Crippen molar-refractivity contribution in [3.05, 3.63) is 73.3 Å². The van der Waals surface area contributed by atoms with E-state index >= 15 is 0 Å². The Bertz CT molecular complexity index is 2220. The summed E-state index contributed by atoms with van der Waals surface area (Å²) in [6, 6.07) is -0.259. The molecule has 0 radical (unpaired) electrons. The van der Waals surface area contributed by atoms with Crippen molar-refractivity contribution in [1.82, 2.24) is 28.9 Å². The topological polar surface area (TPSA) is 212 Å². The summed E-state index contributed by atoms with van der Waals surface area (Å²) < 4.78 is 8.90. The number of carbonyl (C=O) groups is 2. The molecule has 0 aliphatic carbocycles. The van der Waals surface area contributed by atoms with Gasteiger partial charge in [-0.25, -0.2) is 19.6 Å². The molecule has 0 aromatic carbocycles. The van der Waals surface area contributed by atoms with Crippen LogP contribution in [0.5, 0.6) is 5.75 Å². The molecule has 6 heterocycles. The van der Waals surface area contributed by atoms with Crippen molar-refractivity contribution < 1.29 is 34.4 Å². The molecule has 4 aromatic heterocycles. The summed E-state index contributed by atoms with van der Waals surface area (Å²) >= 11 is 6.40. The Balaban J connectivity index is 0.000000206. The Hall–Kier alpha value is -5.71. The van der Waals surface area contributed by atoms with Crippen molar-refractivity contribution in [2.45, 2.75) is 40.7 Å². The summed E-state index contributed by atoms with van der Waals surface area (Å²) in [6.45, 7) is 10.8. The second kappa shape index (κ2) is 14.4. The largest absolute Gasteiger partial charge is 0.490 e. The van der Waals surface area contributed by atoms with Crippen molar-refractivity contribution in [2.24, 2.45) is 31.3 Å². The summed E-state index contributed by atoms with van der Waals surface area (Å²) in [7, 11) is 5.00. The normalized spacial score (nSPS) is 19.0. The van der Waals surface area contributed by atoms with Crippen LogP contribution in [-0.2, 0) is 14.1 Å². The van der Waals surface area contributed by atoms with Gasteiger partial charge in [0.2, 0.25) is 5.75 Å². The third kappa shape index (κ3) is 6.95. The second-order valence-corrected chi connectivity index (χ2v) is 14.7. The summed E-state index contributed by atoms with van der Waals surface area (Å²) in [5.74, 6) is -0.0236. The number of halogens is 1. The lowest BCUT2D eigenvalue weighted by Crippen LogP contribution is -2.52. The van der Waals surface area contributed by atoms with Crippen LogP contribution in [0.4, 0.5) is 21.0 Å². The van der Waals surface area contributed by atoms with Crippen LogP contribution in [0.15, 0.2) is 36.9 Å². The number of ether oxygens (including phenoxy) is 1. The molecular formula is C35H41ClN8O9. The molecule has 18 heteroatoms. The quantitative estimate of drug-likeness (QED) is 0.155. The number of aryl methyl sites for hydroxylation is 2. The smallest absolute Gasteiger partial charge is 0.407 e. The van der Waals surface area contributed by atoms with E-state index in [1.165, 1.54) is 23.1 Å². The fraction of sp³-hybridized carbons (Fsp3) is 0.429. The maximum atomic E-state index is 11.8. The minimum absolute atomic E-state index is 0.0478. The molecule has 0 saturated heterocycles. The van der Waals surface area contributed by atoms with Crippen LogP contribution >= 0.6 is 11.6 Å². The lowest BCUT2D eigenvalue weighted by Gasteiger charge is -2.45. The Labute approximate surface area is 309 Å². The first-order chi connectivity index (χ1) is 24.8. The maximum absolute atomic E-state index is 11.8. The lowest BCUT2D eigenvalue weighted by molar-refractivity contribution is -0.385. The van der Waals surface area contributed by atoms with Crippen LogP contribution < -0.4 is 4.74 Å². The van der Waals surface area contributed by atoms with E-state index in [0.717, 1.165) is 28.5 Å². The van der Waals surface area contributed by atoms with Gasteiger partial charge in [0.05, 0.1) is 27.7 Å². The van der Waals surface area contributed by atoms with E-state index < -0.39 is 22.0 Å². The van der Waals surface area contributed by atoms with Crippen LogP contribution in [0.25, 0.3) is 33.2 Å². The third-order valence-corrected chi connectivity index (χ3v) is 10.2. The summed E-state index contributed by atoms with van der Waals surface area (Å²) in [5, 5.41) is 42.6. The predicted molar refractivity (Wildman–Crippen MR) is 198 cm³/mol. The molecule has 282 valence electrons. The number of methoxy groups -OCH3 is 1.